The van der Waals surface area contributed by atoms with Crippen LogP contribution in [0.2, 0.25) is 0 Å². The molecule has 2 rings (SSSR count). The summed E-state index contributed by atoms with van der Waals surface area (Å²) in [5.74, 6) is 0.591. The topological polar surface area (TPSA) is 71.8 Å². The van der Waals surface area contributed by atoms with Crippen molar-refractivity contribution in [3.63, 3.8) is 0 Å². The van der Waals surface area contributed by atoms with Crippen molar-refractivity contribution in [2.24, 2.45) is 0 Å². The average Bonchev–Trinajstić information content (AvgIpc) is 2.88. The van der Waals surface area contributed by atoms with Crippen LogP contribution in [0.4, 0.5) is 0 Å². The zero-order valence-electron chi connectivity index (χ0n) is 11.1. The third kappa shape index (κ3) is 3.35. The molecule has 104 valence electrons. The highest BCUT2D eigenvalue weighted by Gasteiger charge is 2.22. The van der Waals surface area contributed by atoms with E-state index in [-0.39, 0.29) is 17.7 Å². The van der Waals surface area contributed by atoms with Gasteiger partial charge in [0, 0.05) is 26.1 Å². The fourth-order valence-corrected chi connectivity index (χ4v) is 2.11. The molecular weight excluding hydrogens is 248 g/mol. The first-order valence-corrected chi connectivity index (χ1v) is 6.24. The van der Waals surface area contributed by atoms with Crippen molar-refractivity contribution in [3.05, 3.63) is 23.7 Å². The molecule has 1 aliphatic rings. The molecule has 1 aromatic rings. The van der Waals surface area contributed by atoms with Gasteiger partial charge in [0.25, 0.3) is 0 Å². The largest absolute Gasteiger partial charge is 0.463 e. The highest BCUT2D eigenvalue weighted by molar-refractivity contribution is 5.86. The molecular formula is C13H18N2O4. The summed E-state index contributed by atoms with van der Waals surface area (Å²) in [6, 6.07) is 3.60. The number of amides is 1. The number of nitrogens with one attached hydrogen (secondary N) is 1. The van der Waals surface area contributed by atoms with Gasteiger partial charge >= 0.3 is 5.97 Å². The summed E-state index contributed by atoms with van der Waals surface area (Å²) in [5, 5.41) is 3.32. The minimum absolute atomic E-state index is 0.184. The summed E-state index contributed by atoms with van der Waals surface area (Å²) in [4.78, 5) is 24.3. The van der Waals surface area contributed by atoms with Gasteiger partial charge in [-0.3, -0.25) is 4.79 Å². The predicted octanol–water partition coefficient (Wildman–Crippen LogP) is 0.777. The van der Waals surface area contributed by atoms with Crippen LogP contribution in [0.5, 0.6) is 0 Å². The van der Waals surface area contributed by atoms with Gasteiger partial charge in [0.05, 0.1) is 13.7 Å². The van der Waals surface area contributed by atoms with Crippen LogP contribution >= 0.6 is 0 Å². The van der Waals surface area contributed by atoms with Crippen LogP contribution in [0.25, 0.3) is 0 Å². The second-order valence-corrected chi connectivity index (χ2v) is 4.65. The monoisotopic (exact) mass is 266 g/mol. The minimum atomic E-state index is -0.478. The van der Waals surface area contributed by atoms with E-state index in [1.807, 2.05) is 0 Å². The number of rotatable bonds is 4. The van der Waals surface area contributed by atoms with E-state index < -0.39 is 5.97 Å². The lowest BCUT2D eigenvalue weighted by atomic mass is 10.1. The molecule has 6 heteroatoms. The number of carbonyl (C=O) groups is 2. The second kappa shape index (κ2) is 5.88. The van der Waals surface area contributed by atoms with Gasteiger partial charge in [-0.2, -0.15) is 0 Å². The normalized spacial score (nSPS) is 19.6. The predicted molar refractivity (Wildman–Crippen MR) is 67.5 cm³/mol. The molecule has 0 saturated carbocycles. The molecule has 19 heavy (non-hydrogen) atoms. The van der Waals surface area contributed by atoms with Crippen LogP contribution in [0.15, 0.2) is 16.5 Å². The molecule has 1 fully saturated rings. The Hall–Kier alpha value is -1.82. The summed E-state index contributed by atoms with van der Waals surface area (Å²) in [6.45, 7) is 1.23. The molecule has 2 heterocycles. The van der Waals surface area contributed by atoms with Crippen molar-refractivity contribution < 1.29 is 18.7 Å². The third-order valence-corrected chi connectivity index (χ3v) is 3.24. The smallest absolute Gasteiger partial charge is 0.373 e. The highest BCUT2D eigenvalue weighted by atomic mass is 16.5. The Labute approximate surface area is 111 Å². The number of nitrogens with zero attached hydrogens (tertiary/aromatic N) is 1. The van der Waals surface area contributed by atoms with E-state index >= 15 is 0 Å². The zero-order valence-corrected chi connectivity index (χ0v) is 11.1. The minimum Gasteiger partial charge on any atom is -0.463 e. The molecule has 1 aromatic heterocycles. The van der Waals surface area contributed by atoms with E-state index in [0.29, 0.717) is 25.3 Å². The maximum Gasteiger partial charge on any atom is 0.373 e. The van der Waals surface area contributed by atoms with E-state index in [0.717, 1.165) is 6.42 Å². The lowest BCUT2D eigenvalue weighted by Gasteiger charge is -2.30. The Morgan fingerprint density at radius 3 is 3.05 bits per heavy atom. The van der Waals surface area contributed by atoms with Crippen LogP contribution in [0, 0.1) is 0 Å². The van der Waals surface area contributed by atoms with Gasteiger partial charge in [-0.05, 0) is 18.6 Å². The van der Waals surface area contributed by atoms with Crippen molar-refractivity contribution in [1.29, 1.82) is 0 Å². The second-order valence-electron chi connectivity index (χ2n) is 4.65. The first kappa shape index (κ1) is 13.6. The first-order chi connectivity index (χ1) is 9.10. The molecule has 1 saturated heterocycles. The number of hydrogen-bond acceptors (Lipinski definition) is 5. The number of esters is 1. The molecule has 0 radical (unpaired) electrons. The first-order valence-electron chi connectivity index (χ1n) is 6.24. The van der Waals surface area contributed by atoms with Gasteiger partial charge in [0.15, 0.2) is 0 Å². The summed E-state index contributed by atoms with van der Waals surface area (Å²) >= 11 is 0. The lowest BCUT2D eigenvalue weighted by molar-refractivity contribution is -0.132. The molecule has 0 spiro atoms. The molecule has 6 nitrogen and oxygen atoms in total. The van der Waals surface area contributed by atoms with Gasteiger partial charge < -0.3 is 19.4 Å². The van der Waals surface area contributed by atoms with Crippen molar-refractivity contribution in [3.8, 4) is 0 Å². The average molecular weight is 266 g/mol. The number of furan rings is 1. The van der Waals surface area contributed by atoms with Gasteiger partial charge in [-0.15, -0.1) is 0 Å². The standard InChI is InChI=1S/C13H18N2O4/c1-15-8-9(3-6-12(15)16)14-7-10-4-5-11(19-10)13(17)18-2/h4-5,9,14H,3,6-8H2,1-2H3. The Morgan fingerprint density at radius 2 is 2.37 bits per heavy atom. The summed E-state index contributed by atoms with van der Waals surface area (Å²) in [5.41, 5.74) is 0. The van der Waals surface area contributed by atoms with Crippen LogP contribution in [-0.2, 0) is 16.1 Å². The molecule has 0 bridgehead atoms. The Kier molecular flexibility index (Phi) is 4.21. The number of likely N-dealkylation sites (N-methyl/N-ethyl adjacent to an activating group) is 1. The van der Waals surface area contributed by atoms with Gasteiger partial charge in [0.2, 0.25) is 11.7 Å². The maximum atomic E-state index is 11.4. The van der Waals surface area contributed by atoms with Crippen LogP contribution in [0.3, 0.4) is 0 Å². The van der Waals surface area contributed by atoms with Gasteiger partial charge in [0.1, 0.15) is 5.76 Å². The van der Waals surface area contributed by atoms with Crippen LogP contribution < -0.4 is 5.32 Å². The van der Waals surface area contributed by atoms with Crippen molar-refractivity contribution in [2.45, 2.75) is 25.4 Å². The molecule has 1 unspecified atom stereocenters. The van der Waals surface area contributed by atoms with Crippen LogP contribution in [-0.4, -0.2) is 43.5 Å². The zero-order chi connectivity index (χ0) is 13.8. The van der Waals surface area contributed by atoms with Crippen molar-refractivity contribution in [1.82, 2.24) is 10.2 Å². The molecule has 1 aliphatic heterocycles. The fourth-order valence-electron chi connectivity index (χ4n) is 2.11. The number of carbonyl (C=O) groups excluding carboxylic acids is 2. The van der Waals surface area contributed by atoms with Crippen molar-refractivity contribution >= 4 is 11.9 Å². The lowest BCUT2D eigenvalue weighted by Crippen LogP contribution is -2.46. The third-order valence-electron chi connectivity index (χ3n) is 3.24. The van der Waals surface area contributed by atoms with E-state index in [4.69, 9.17) is 4.42 Å². The number of likely N-dealkylation sites (tertiary alicyclic amines) is 1. The molecule has 1 N–H and O–H groups in total. The van der Waals surface area contributed by atoms with Gasteiger partial charge in [-0.1, -0.05) is 0 Å². The molecule has 0 aromatic carbocycles. The number of piperidine rings is 1. The summed E-state index contributed by atoms with van der Waals surface area (Å²) in [6.07, 6.45) is 1.40. The number of ether oxygens (including phenoxy) is 1. The fraction of sp³-hybridized carbons (Fsp3) is 0.538. The Bertz CT molecular complexity index is 469. The molecule has 0 aliphatic carbocycles. The van der Waals surface area contributed by atoms with E-state index in [1.54, 1.807) is 24.1 Å². The number of methoxy groups -OCH3 is 1. The molecule has 1 atom stereocenters. The maximum absolute atomic E-state index is 11.4. The van der Waals surface area contributed by atoms with E-state index in [9.17, 15) is 9.59 Å². The van der Waals surface area contributed by atoms with E-state index in [1.165, 1.54) is 7.11 Å². The summed E-state index contributed by atoms with van der Waals surface area (Å²) in [7, 11) is 3.12. The Morgan fingerprint density at radius 1 is 1.58 bits per heavy atom. The highest BCUT2D eigenvalue weighted by Crippen LogP contribution is 2.12. The quantitative estimate of drug-likeness (QED) is 0.815. The SMILES string of the molecule is COC(=O)c1ccc(CNC2CCC(=O)N(C)C2)o1. The van der Waals surface area contributed by atoms with Crippen molar-refractivity contribution in [2.75, 3.05) is 20.7 Å². The Balaban J connectivity index is 1.84. The molecule has 1 amide bonds. The van der Waals surface area contributed by atoms with Gasteiger partial charge in [-0.25, -0.2) is 4.79 Å². The van der Waals surface area contributed by atoms with E-state index in [2.05, 4.69) is 10.1 Å². The number of hydrogen-bond donors (Lipinski definition) is 1. The summed E-state index contributed by atoms with van der Waals surface area (Å²) < 4.78 is 9.93. The van der Waals surface area contributed by atoms with Crippen LogP contribution in [0.1, 0.15) is 29.2 Å².